The smallest absolute Gasteiger partial charge is 0.382 e. The topological polar surface area (TPSA) is 275 Å². The zero-order valence-electron chi connectivity index (χ0n) is 15.7. The summed E-state index contributed by atoms with van der Waals surface area (Å²) in [5.74, 6) is 0.111. The van der Waals surface area contributed by atoms with E-state index < -0.39 is 48.6 Å². The highest BCUT2D eigenvalue weighted by molar-refractivity contribution is 7.66. The van der Waals surface area contributed by atoms with Gasteiger partial charge in [-0.3, -0.25) is 9.42 Å². The highest BCUT2D eigenvalue weighted by Crippen LogP contribution is 2.66. The molecule has 3 rings (SSSR count). The summed E-state index contributed by atoms with van der Waals surface area (Å²) in [5, 5.41) is 4.67. The van der Waals surface area contributed by atoms with Crippen LogP contribution in [0.4, 0.5) is 0 Å². The number of nitrogens with two attached hydrogens (primary N) is 1. The number of aliphatic imine (C=N–C) groups is 2. The first kappa shape index (κ1) is 24.8. The van der Waals surface area contributed by atoms with E-state index in [9.17, 15) is 18.6 Å². The molecule has 0 aromatic rings. The Morgan fingerprint density at radius 2 is 1.91 bits per heavy atom. The molecule has 178 valence electrons. The van der Waals surface area contributed by atoms with Crippen molar-refractivity contribution in [3.63, 3.8) is 0 Å². The van der Waals surface area contributed by atoms with Crippen molar-refractivity contribution in [3.05, 3.63) is 22.0 Å². The quantitative estimate of drug-likeness (QED) is 0.118. The molecule has 22 heteroatoms. The number of phosphoric ester groups is 1. The van der Waals surface area contributed by atoms with E-state index in [1.54, 1.807) is 4.90 Å². The number of phosphoric acid groups is 3. The van der Waals surface area contributed by atoms with Gasteiger partial charge in [0.2, 0.25) is 6.17 Å². The summed E-state index contributed by atoms with van der Waals surface area (Å²) in [7, 11) is -16.3. The van der Waals surface area contributed by atoms with Gasteiger partial charge in [-0.15, -0.1) is 5.53 Å². The monoisotopic (exact) mass is 518 g/mol. The lowest BCUT2D eigenvalue weighted by Crippen LogP contribution is -2.49. The number of fused-ring (bicyclic) bond motifs is 1. The van der Waals surface area contributed by atoms with Crippen molar-refractivity contribution in [1.29, 1.82) is 0 Å². The average Bonchev–Trinajstić information content (AvgIpc) is 3.26. The van der Waals surface area contributed by atoms with E-state index in [4.69, 9.17) is 30.7 Å². The molecule has 0 aliphatic carbocycles. The lowest BCUT2D eigenvalue weighted by atomic mass is 10.2. The van der Waals surface area contributed by atoms with E-state index in [0.29, 0.717) is 18.5 Å². The molecule has 3 aliphatic rings. The standard InChI is InChI=1S/C10H17N8O11P3/c11-9-8-10(18(5-14-9)16-15-12)17(4-13-8)7-2-1-6(27-7)3-26-31(22,23)29-32(24,25)28-30(19,20)21/h4-7,10H,1-3,11H2,(H,22,23)(H,24,25)(H2,19,20,21)/t6-,7+,10?/m0/s1. The highest BCUT2D eigenvalue weighted by atomic mass is 31.3. The fraction of sp³-hybridized carbons (Fsp3) is 0.600. The molecule has 0 spiro atoms. The zero-order chi connectivity index (χ0) is 23.7. The van der Waals surface area contributed by atoms with Crippen LogP contribution in [-0.4, -0.2) is 67.3 Å². The van der Waals surface area contributed by atoms with Crippen LogP contribution in [0.3, 0.4) is 0 Å². The summed E-state index contributed by atoms with van der Waals surface area (Å²) < 4.78 is 51.4. The molecule has 3 unspecified atom stereocenters. The molecule has 3 aliphatic heterocycles. The number of hydrogen-bond acceptors (Lipinski definition) is 12. The fourth-order valence-electron chi connectivity index (χ4n) is 2.97. The minimum atomic E-state index is -5.60. The first-order valence-electron chi connectivity index (χ1n) is 8.43. The number of azide groups is 1. The Hall–Kier alpha value is -1.84. The number of hydrogen-bond donors (Lipinski definition) is 5. The summed E-state index contributed by atoms with van der Waals surface area (Å²) in [6, 6.07) is 0. The molecule has 5 atom stereocenters. The summed E-state index contributed by atoms with van der Waals surface area (Å²) in [5.41, 5.74) is 14.9. The van der Waals surface area contributed by atoms with Crippen molar-refractivity contribution in [1.82, 2.24) is 9.91 Å². The molecule has 1 fully saturated rings. The Bertz CT molecular complexity index is 1040. The maximum absolute atomic E-state index is 11.8. The molecular weight excluding hydrogens is 501 g/mol. The van der Waals surface area contributed by atoms with Crippen LogP contribution in [0.2, 0.25) is 0 Å². The van der Waals surface area contributed by atoms with Crippen LogP contribution >= 0.6 is 23.5 Å². The minimum absolute atomic E-state index is 0.111. The average molecular weight is 518 g/mol. The zero-order valence-corrected chi connectivity index (χ0v) is 18.4. The van der Waals surface area contributed by atoms with Crippen molar-refractivity contribution in [2.24, 2.45) is 20.9 Å². The second-order valence-electron chi connectivity index (χ2n) is 6.32. The van der Waals surface area contributed by atoms with Gasteiger partial charge in [0, 0.05) is 0 Å². The number of rotatable bonds is 9. The van der Waals surface area contributed by atoms with E-state index in [1.807, 2.05) is 0 Å². The molecule has 0 bridgehead atoms. The molecule has 0 saturated carbocycles. The van der Waals surface area contributed by atoms with Gasteiger partial charge in [-0.2, -0.15) is 23.5 Å². The Balaban J connectivity index is 1.58. The SMILES string of the molecule is [N-]=[N+]=NN1C=NC(N)=C2N=CN([C@H]3CC[C@@H](COP(=O)(O)OP(=O)(O)OP(=O)(O)O)O3)C21. The largest absolute Gasteiger partial charge is 0.490 e. The first-order valence-corrected chi connectivity index (χ1v) is 12.9. The second-order valence-corrected chi connectivity index (χ2v) is 10.7. The summed E-state index contributed by atoms with van der Waals surface area (Å²) in [6.45, 7) is -0.581. The van der Waals surface area contributed by atoms with Gasteiger partial charge in [0.1, 0.15) is 6.23 Å². The summed E-state index contributed by atoms with van der Waals surface area (Å²) >= 11 is 0. The van der Waals surface area contributed by atoms with Gasteiger partial charge in [-0.1, -0.05) is 0 Å². The van der Waals surface area contributed by atoms with Crippen LogP contribution in [0, 0.1) is 0 Å². The van der Waals surface area contributed by atoms with Gasteiger partial charge in [0.25, 0.3) is 0 Å². The molecule has 3 heterocycles. The van der Waals surface area contributed by atoms with Crippen molar-refractivity contribution in [2.75, 3.05) is 6.61 Å². The van der Waals surface area contributed by atoms with Gasteiger partial charge in [-0.25, -0.2) is 18.7 Å². The molecule has 1 saturated heterocycles. The predicted octanol–water partition coefficient (Wildman–Crippen LogP) is 0.202. The maximum Gasteiger partial charge on any atom is 0.490 e. The van der Waals surface area contributed by atoms with Crippen LogP contribution in [0.1, 0.15) is 12.8 Å². The fourth-order valence-corrected chi connectivity index (χ4v) is 6.02. The lowest BCUT2D eigenvalue weighted by molar-refractivity contribution is -0.0583. The number of nitrogens with zero attached hydrogens (tertiary/aromatic N) is 7. The third-order valence-corrected chi connectivity index (χ3v) is 7.89. The van der Waals surface area contributed by atoms with Gasteiger partial charge >= 0.3 is 23.5 Å². The molecule has 0 aromatic heterocycles. The Labute approximate surface area is 178 Å². The van der Waals surface area contributed by atoms with Gasteiger partial charge in [0.15, 0.2) is 17.9 Å². The Kier molecular flexibility index (Phi) is 7.12. The lowest BCUT2D eigenvalue weighted by Gasteiger charge is -2.32. The Morgan fingerprint density at radius 1 is 1.19 bits per heavy atom. The van der Waals surface area contributed by atoms with E-state index in [0.717, 1.165) is 0 Å². The third kappa shape index (κ3) is 6.14. The molecule has 0 aromatic carbocycles. The van der Waals surface area contributed by atoms with Crippen molar-refractivity contribution in [2.45, 2.75) is 31.3 Å². The van der Waals surface area contributed by atoms with E-state index in [2.05, 4.69) is 33.3 Å². The second kappa shape index (κ2) is 9.19. The summed E-state index contributed by atoms with van der Waals surface area (Å²) in [6.07, 6.45) is 1.14. The van der Waals surface area contributed by atoms with Crippen molar-refractivity contribution < 1.29 is 51.2 Å². The minimum Gasteiger partial charge on any atom is -0.382 e. The van der Waals surface area contributed by atoms with Crippen molar-refractivity contribution in [3.8, 4) is 0 Å². The summed E-state index contributed by atoms with van der Waals surface area (Å²) in [4.78, 5) is 48.0. The normalized spacial score (nSPS) is 28.9. The van der Waals surface area contributed by atoms with E-state index in [1.165, 1.54) is 17.7 Å². The predicted molar refractivity (Wildman–Crippen MR) is 103 cm³/mol. The first-order chi connectivity index (χ1) is 14.8. The molecule has 0 radical (unpaired) electrons. The van der Waals surface area contributed by atoms with Gasteiger partial charge in [0.05, 0.1) is 19.0 Å². The van der Waals surface area contributed by atoms with Crippen molar-refractivity contribution >= 4 is 36.1 Å². The van der Waals surface area contributed by atoms with Crippen LogP contribution in [0.5, 0.6) is 0 Å². The third-order valence-electron chi connectivity index (χ3n) is 4.09. The Morgan fingerprint density at radius 3 is 2.56 bits per heavy atom. The van der Waals surface area contributed by atoms with Gasteiger partial charge < -0.3 is 30.0 Å². The molecule has 19 nitrogen and oxygen atoms in total. The molecule has 32 heavy (non-hydrogen) atoms. The number of ether oxygens (including phenoxy) is 1. The van der Waals surface area contributed by atoms with Crippen LogP contribution in [0.25, 0.3) is 10.4 Å². The maximum atomic E-state index is 11.8. The molecule has 6 N–H and O–H groups in total. The highest BCUT2D eigenvalue weighted by Gasteiger charge is 2.45. The molecule has 0 amide bonds. The van der Waals surface area contributed by atoms with E-state index >= 15 is 0 Å². The van der Waals surface area contributed by atoms with Crippen LogP contribution in [-0.2, 0) is 31.6 Å². The van der Waals surface area contributed by atoms with Crippen LogP contribution < -0.4 is 5.73 Å². The van der Waals surface area contributed by atoms with Crippen LogP contribution in [0.15, 0.2) is 26.7 Å². The van der Waals surface area contributed by atoms with E-state index in [-0.39, 0.29) is 5.82 Å². The van der Waals surface area contributed by atoms with Gasteiger partial charge in [-0.05, 0) is 18.1 Å². The molecular formula is C10H17N8O11P3.